The minimum atomic E-state index is -0.919. The molecule has 0 spiro atoms. The summed E-state index contributed by atoms with van der Waals surface area (Å²) in [5.41, 5.74) is 1.56. The van der Waals surface area contributed by atoms with Crippen molar-refractivity contribution in [2.24, 2.45) is 0 Å². The highest BCUT2D eigenvalue weighted by molar-refractivity contribution is 5.74. The van der Waals surface area contributed by atoms with Crippen LogP contribution in [0, 0.1) is 6.92 Å². The number of rotatable bonds is 2. The Morgan fingerprint density at radius 3 is 2.39 bits per heavy atom. The van der Waals surface area contributed by atoms with E-state index in [4.69, 9.17) is 4.74 Å². The summed E-state index contributed by atoms with van der Waals surface area (Å²) in [7, 11) is 1.90. The lowest BCUT2D eigenvalue weighted by molar-refractivity contribution is -0.155. The van der Waals surface area contributed by atoms with Gasteiger partial charge in [-0.1, -0.05) is 29.8 Å². The van der Waals surface area contributed by atoms with Crippen LogP contribution < -0.4 is 0 Å². The van der Waals surface area contributed by atoms with Gasteiger partial charge in [0, 0.05) is 0 Å². The van der Waals surface area contributed by atoms with E-state index < -0.39 is 17.8 Å². The van der Waals surface area contributed by atoms with Crippen molar-refractivity contribution in [3.8, 4) is 0 Å². The number of hydrogen-bond donors (Lipinski definition) is 1. The van der Waals surface area contributed by atoms with Gasteiger partial charge in [0.1, 0.15) is 5.72 Å². The van der Waals surface area contributed by atoms with Crippen molar-refractivity contribution >= 4 is 5.97 Å². The van der Waals surface area contributed by atoms with E-state index in [0.717, 1.165) is 11.1 Å². The van der Waals surface area contributed by atoms with Crippen molar-refractivity contribution in [3.63, 3.8) is 0 Å². The van der Waals surface area contributed by atoms with Crippen molar-refractivity contribution in [3.05, 3.63) is 35.4 Å². The van der Waals surface area contributed by atoms with Gasteiger partial charge < -0.3 is 9.84 Å². The second-order valence-corrected chi connectivity index (χ2v) is 5.29. The molecule has 1 unspecified atom stereocenters. The molecule has 4 nitrogen and oxygen atoms in total. The molecule has 1 fully saturated rings. The first-order valence-electron chi connectivity index (χ1n) is 6.03. The van der Waals surface area contributed by atoms with Crippen molar-refractivity contribution < 1.29 is 14.6 Å². The molecule has 0 saturated carbocycles. The molecule has 0 amide bonds. The van der Waals surface area contributed by atoms with E-state index in [1.807, 2.05) is 57.0 Å². The van der Waals surface area contributed by atoms with E-state index in [2.05, 4.69) is 0 Å². The summed E-state index contributed by atoms with van der Waals surface area (Å²) < 4.78 is 5.65. The average molecular weight is 249 g/mol. The Hall–Kier alpha value is -1.39. The van der Waals surface area contributed by atoms with Gasteiger partial charge in [-0.15, -0.1) is 0 Å². The lowest BCUT2D eigenvalue weighted by atomic mass is 9.99. The number of hydrogen-bond acceptors (Lipinski definition) is 3. The molecule has 1 aliphatic heterocycles. The molecule has 1 N–H and O–H groups in total. The normalized spacial score (nSPS) is 27.3. The molecule has 0 aromatic heterocycles. The molecule has 2 atom stereocenters. The van der Waals surface area contributed by atoms with E-state index in [1.165, 1.54) is 0 Å². The summed E-state index contributed by atoms with van der Waals surface area (Å²) in [5.74, 6) is -0.919. The highest BCUT2D eigenvalue weighted by Crippen LogP contribution is 2.40. The Morgan fingerprint density at radius 1 is 1.33 bits per heavy atom. The molecule has 1 aliphatic rings. The quantitative estimate of drug-likeness (QED) is 0.873. The third kappa shape index (κ3) is 2.13. The fourth-order valence-electron chi connectivity index (χ4n) is 2.34. The number of benzene rings is 1. The summed E-state index contributed by atoms with van der Waals surface area (Å²) in [6.07, 6.45) is -0.826. The molecular weight excluding hydrogens is 230 g/mol. The van der Waals surface area contributed by atoms with Crippen LogP contribution in [-0.4, -0.2) is 34.9 Å². The lowest BCUT2D eigenvalue weighted by Gasteiger charge is -2.29. The highest BCUT2D eigenvalue weighted by Gasteiger charge is 2.49. The van der Waals surface area contributed by atoms with Gasteiger partial charge in [0.05, 0.1) is 6.04 Å². The van der Waals surface area contributed by atoms with Crippen LogP contribution >= 0.6 is 0 Å². The summed E-state index contributed by atoms with van der Waals surface area (Å²) in [6.45, 7) is 5.78. The number of nitrogens with zero attached hydrogens (tertiary/aromatic N) is 1. The van der Waals surface area contributed by atoms with Gasteiger partial charge in [0.2, 0.25) is 0 Å². The summed E-state index contributed by atoms with van der Waals surface area (Å²) >= 11 is 0. The molecule has 4 heteroatoms. The first kappa shape index (κ1) is 13.1. The number of ether oxygens (including phenoxy) is 1. The number of carbonyl (C=O) groups is 1. The lowest BCUT2D eigenvalue weighted by Crippen LogP contribution is -2.37. The second-order valence-electron chi connectivity index (χ2n) is 5.29. The number of aliphatic carboxylic acids is 1. The van der Waals surface area contributed by atoms with Crippen molar-refractivity contribution in [1.29, 1.82) is 0 Å². The third-order valence-electron chi connectivity index (χ3n) is 3.63. The maximum absolute atomic E-state index is 11.3. The number of carboxylic acid groups (broad SMARTS) is 1. The third-order valence-corrected chi connectivity index (χ3v) is 3.63. The molecule has 1 saturated heterocycles. The average Bonchev–Trinajstić information content (AvgIpc) is 2.53. The van der Waals surface area contributed by atoms with Gasteiger partial charge in [0.25, 0.3) is 0 Å². The number of likely N-dealkylation sites (N-methyl/N-ethyl adjacent to an activating group) is 1. The Kier molecular flexibility index (Phi) is 3.17. The minimum absolute atomic E-state index is 0.252. The predicted octanol–water partition coefficient (Wildman–Crippen LogP) is 2.19. The molecule has 0 radical (unpaired) electrons. The second kappa shape index (κ2) is 4.37. The maximum atomic E-state index is 11.3. The van der Waals surface area contributed by atoms with Crippen LogP contribution in [0.5, 0.6) is 0 Å². The molecule has 2 rings (SSSR count). The fraction of sp³-hybridized carbons (Fsp3) is 0.500. The minimum Gasteiger partial charge on any atom is -0.479 e. The SMILES string of the molecule is Cc1ccc([C@H]2C(C(=O)O)OC(C)(C)N2C)cc1. The molecule has 0 aliphatic carbocycles. The largest absolute Gasteiger partial charge is 0.479 e. The van der Waals surface area contributed by atoms with Gasteiger partial charge in [-0.25, -0.2) is 4.79 Å². The monoisotopic (exact) mass is 249 g/mol. The summed E-state index contributed by atoms with van der Waals surface area (Å²) in [6, 6.07) is 7.67. The van der Waals surface area contributed by atoms with Crippen LogP contribution in [0.15, 0.2) is 24.3 Å². The zero-order valence-electron chi connectivity index (χ0n) is 11.2. The first-order valence-corrected chi connectivity index (χ1v) is 6.03. The molecule has 0 bridgehead atoms. The zero-order valence-corrected chi connectivity index (χ0v) is 11.2. The Bertz CT molecular complexity index is 453. The van der Waals surface area contributed by atoms with Crippen LogP contribution in [0.25, 0.3) is 0 Å². The standard InChI is InChI=1S/C14H19NO3/c1-9-5-7-10(8-6-9)11-12(13(16)17)18-14(2,3)15(11)4/h5-8,11-12H,1-4H3,(H,16,17)/t11-,12?/m0/s1. The molecular formula is C14H19NO3. The number of aryl methyl sites for hydroxylation is 1. The molecule has 1 heterocycles. The predicted molar refractivity (Wildman–Crippen MR) is 68.3 cm³/mol. The molecule has 1 aromatic carbocycles. The maximum Gasteiger partial charge on any atom is 0.334 e. The molecule has 1 aromatic rings. The van der Waals surface area contributed by atoms with Gasteiger partial charge in [-0.3, -0.25) is 4.90 Å². The van der Waals surface area contributed by atoms with Crippen LogP contribution in [0.2, 0.25) is 0 Å². The van der Waals surface area contributed by atoms with Crippen molar-refractivity contribution in [1.82, 2.24) is 4.90 Å². The smallest absolute Gasteiger partial charge is 0.334 e. The topological polar surface area (TPSA) is 49.8 Å². The Balaban J connectivity index is 2.39. The van der Waals surface area contributed by atoms with E-state index in [1.54, 1.807) is 0 Å². The van der Waals surface area contributed by atoms with Crippen molar-refractivity contribution in [2.75, 3.05) is 7.05 Å². The van der Waals surface area contributed by atoms with Crippen molar-refractivity contribution in [2.45, 2.75) is 38.6 Å². The van der Waals surface area contributed by atoms with E-state index in [-0.39, 0.29) is 6.04 Å². The number of carboxylic acids is 1. The first-order chi connectivity index (χ1) is 8.33. The van der Waals surface area contributed by atoms with Gasteiger partial charge in [0.15, 0.2) is 6.10 Å². The van der Waals surface area contributed by atoms with Crippen LogP contribution in [0.3, 0.4) is 0 Å². The molecule has 18 heavy (non-hydrogen) atoms. The van der Waals surface area contributed by atoms with Gasteiger partial charge in [-0.2, -0.15) is 0 Å². The van der Waals surface area contributed by atoms with Gasteiger partial charge in [-0.05, 0) is 33.4 Å². The fourth-order valence-corrected chi connectivity index (χ4v) is 2.34. The molecule has 98 valence electrons. The summed E-state index contributed by atoms with van der Waals surface area (Å²) in [5, 5.41) is 9.30. The van der Waals surface area contributed by atoms with Gasteiger partial charge >= 0.3 is 5.97 Å². The van der Waals surface area contributed by atoms with E-state index in [9.17, 15) is 9.90 Å². The highest BCUT2D eigenvalue weighted by atomic mass is 16.6. The van der Waals surface area contributed by atoms with E-state index >= 15 is 0 Å². The van der Waals surface area contributed by atoms with Crippen LogP contribution in [-0.2, 0) is 9.53 Å². The van der Waals surface area contributed by atoms with Crippen LogP contribution in [0.1, 0.15) is 31.0 Å². The van der Waals surface area contributed by atoms with Crippen LogP contribution in [0.4, 0.5) is 0 Å². The Morgan fingerprint density at radius 2 is 1.89 bits per heavy atom. The Labute approximate surface area is 107 Å². The summed E-state index contributed by atoms with van der Waals surface area (Å²) in [4.78, 5) is 13.3. The van der Waals surface area contributed by atoms with E-state index in [0.29, 0.717) is 0 Å². The zero-order chi connectivity index (χ0) is 13.5.